The van der Waals surface area contributed by atoms with E-state index >= 15 is 0 Å². The summed E-state index contributed by atoms with van der Waals surface area (Å²) in [6, 6.07) is 8.31. The molecule has 25 heavy (non-hydrogen) atoms. The molecule has 0 radical (unpaired) electrons. The van der Waals surface area contributed by atoms with E-state index in [1.165, 1.54) is 5.56 Å². The predicted octanol–water partition coefficient (Wildman–Crippen LogP) is 6.33. The van der Waals surface area contributed by atoms with Gasteiger partial charge in [-0.3, -0.25) is 4.79 Å². The number of hydrogen-bond acceptors (Lipinski definition) is 3. The minimum absolute atomic E-state index is 0.183. The van der Waals surface area contributed by atoms with E-state index in [1.807, 2.05) is 0 Å². The summed E-state index contributed by atoms with van der Waals surface area (Å²) >= 11 is 18.7. The van der Waals surface area contributed by atoms with E-state index in [0.717, 1.165) is 31.6 Å². The van der Waals surface area contributed by atoms with Crippen molar-refractivity contribution in [2.75, 3.05) is 36.4 Å². The van der Waals surface area contributed by atoms with E-state index in [-0.39, 0.29) is 12.6 Å². The number of nitrogens with zero attached hydrogens (tertiary/aromatic N) is 1. The van der Waals surface area contributed by atoms with Crippen LogP contribution in [0.4, 0.5) is 5.69 Å². The van der Waals surface area contributed by atoms with Gasteiger partial charge in [-0.05, 0) is 37.1 Å². The van der Waals surface area contributed by atoms with E-state index in [4.69, 9.17) is 27.9 Å². The number of rotatable bonds is 10. The van der Waals surface area contributed by atoms with E-state index in [2.05, 4.69) is 97.3 Å². The van der Waals surface area contributed by atoms with Crippen LogP contribution in [0.15, 0.2) is 24.3 Å². The van der Waals surface area contributed by atoms with E-state index in [9.17, 15) is 4.79 Å². The van der Waals surface area contributed by atoms with Gasteiger partial charge in [0.05, 0.1) is 0 Å². The second-order valence-electron chi connectivity index (χ2n) is 4.75. The summed E-state index contributed by atoms with van der Waals surface area (Å²) in [6.07, 6.45) is 2.07. The number of ether oxygens (including phenoxy) is 1. The van der Waals surface area contributed by atoms with Crippen molar-refractivity contribution in [1.82, 2.24) is 0 Å². The number of anilines is 1. The molecule has 0 aromatic heterocycles. The van der Waals surface area contributed by atoms with Gasteiger partial charge >= 0.3 is 71.2 Å². The van der Waals surface area contributed by atoms with Crippen molar-refractivity contribution in [2.24, 2.45) is 0 Å². The Hall–Kier alpha value is 1.77. The number of carbonyl (C=O) groups is 1. The number of benzene rings is 1. The van der Waals surface area contributed by atoms with Crippen LogP contribution in [-0.2, 0) is 20.0 Å². The molecule has 0 unspecified atom stereocenters. The van der Waals surface area contributed by atoms with Gasteiger partial charge in [0.25, 0.3) is 0 Å². The zero-order chi connectivity index (χ0) is 19.1. The molecule has 0 spiro atoms. The van der Waals surface area contributed by atoms with Crippen molar-refractivity contribution in [3.05, 3.63) is 36.8 Å². The van der Waals surface area contributed by atoms with Gasteiger partial charge < -0.3 is 16.6 Å². The summed E-state index contributed by atoms with van der Waals surface area (Å²) in [4.78, 5) is 13.4. The molecule has 0 amide bonds. The van der Waals surface area contributed by atoms with E-state index < -0.39 is 0 Å². The van der Waals surface area contributed by atoms with Crippen LogP contribution in [0.5, 0.6) is 0 Å². The first-order chi connectivity index (χ1) is 11.9. The van der Waals surface area contributed by atoms with Gasteiger partial charge in [0.2, 0.25) is 0 Å². The molecule has 0 bridgehead atoms. The second kappa shape index (κ2) is 17.8. The summed E-state index contributed by atoms with van der Waals surface area (Å²) in [5.74, 6) is 0.970. The fourth-order valence-corrected chi connectivity index (χ4v) is 2.48. The Morgan fingerprint density at radius 3 is 2.08 bits per heavy atom. The Labute approximate surface area is 199 Å². The van der Waals surface area contributed by atoms with Crippen molar-refractivity contribution < 1.29 is 13.5 Å². The van der Waals surface area contributed by atoms with Crippen LogP contribution in [0.25, 0.3) is 0 Å². The van der Waals surface area contributed by atoms with Crippen molar-refractivity contribution >= 4 is 96.1 Å². The summed E-state index contributed by atoms with van der Waals surface area (Å²) in [5, 5.41) is 0. The second-order valence-corrected chi connectivity index (χ2v) is 31.9. The zero-order valence-electron chi connectivity index (χ0n) is 13.7. The van der Waals surface area contributed by atoms with Gasteiger partial charge in [-0.15, -0.1) is 23.2 Å². The van der Waals surface area contributed by atoms with Gasteiger partial charge in [-0.25, -0.2) is 0 Å². The van der Waals surface area contributed by atoms with Crippen LogP contribution in [0.3, 0.4) is 0 Å². The fraction of sp³-hybridized carbons (Fsp3) is 0.500. The van der Waals surface area contributed by atoms with E-state index in [0.29, 0.717) is 22.2 Å². The van der Waals surface area contributed by atoms with Crippen molar-refractivity contribution in [2.45, 2.75) is 19.3 Å². The predicted molar refractivity (Wildman–Crippen MR) is 131 cm³/mol. The quantitative estimate of drug-likeness (QED) is 0.121. The van der Waals surface area contributed by atoms with Crippen molar-refractivity contribution in [1.29, 1.82) is 0 Å². The molecule has 0 aliphatic heterocycles. The van der Waals surface area contributed by atoms with Gasteiger partial charge in [-0.1, -0.05) is 12.1 Å². The first-order valence-corrected chi connectivity index (χ1v) is 18.6. The number of esters is 1. The molecule has 1 aromatic carbocycles. The third-order valence-corrected chi connectivity index (χ3v) is 3.46. The van der Waals surface area contributed by atoms with Crippen LogP contribution in [0, 0.1) is 6.92 Å². The Morgan fingerprint density at radius 2 is 1.64 bits per heavy atom. The van der Waals surface area contributed by atoms with Crippen LogP contribution in [0.1, 0.15) is 18.4 Å². The maximum absolute atomic E-state index is 11.2. The molecular formula is C16H22Cl2CoI3NO2-. The average Bonchev–Trinajstić information content (AvgIpc) is 2.55. The standard InChI is InChI=1S/C16H22Cl2NO2.Co.3HI/c1-2-21-16(20)5-3-4-14-6-8-15(9-7-14)19(12-10-17)13-11-18;;;;/h6-9H,1-5,10-13H2;;3*1H/q-1;+3;;;/p-3. The van der Waals surface area contributed by atoms with Crippen molar-refractivity contribution in [3.63, 3.8) is 0 Å². The molecule has 0 heterocycles. The van der Waals surface area contributed by atoms with Crippen molar-refractivity contribution in [3.8, 4) is 0 Å². The fourth-order valence-electron chi connectivity index (χ4n) is 2.07. The number of carbonyl (C=O) groups excluding carboxylic acids is 1. The monoisotopic (exact) mass is 770 g/mol. The summed E-state index contributed by atoms with van der Waals surface area (Å²) in [5.41, 5.74) is 2.33. The molecule has 9 heteroatoms. The van der Waals surface area contributed by atoms with Gasteiger partial charge in [0.15, 0.2) is 0 Å². The number of halogens is 5. The molecule has 0 fully saturated rings. The summed E-state index contributed by atoms with van der Waals surface area (Å²) in [6.45, 7) is 5.25. The Balaban J connectivity index is 0.00000129. The molecule has 148 valence electrons. The maximum atomic E-state index is 11.2. The summed E-state index contributed by atoms with van der Waals surface area (Å²) < 4.78 is 5.11. The number of hydrogen-bond donors (Lipinski definition) is 0. The molecule has 0 aliphatic carbocycles. The number of alkyl halides is 2. The molecule has 0 saturated carbocycles. The molecular weight excluding hydrogens is 749 g/mol. The average molecular weight is 771 g/mol. The first kappa shape index (κ1) is 26.8. The Morgan fingerprint density at radius 1 is 1.12 bits per heavy atom. The normalized spacial score (nSPS) is 10.6. The first-order valence-electron chi connectivity index (χ1n) is 7.49. The van der Waals surface area contributed by atoms with Crippen LogP contribution >= 0.6 is 84.4 Å². The Bertz CT molecular complexity index is 458. The SMILES string of the molecule is [CH2-]COC(=O)CCCc1ccc(N(CCCl)CCCl)cc1.[I][Co]([I])[I]. The topological polar surface area (TPSA) is 29.5 Å². The Kier molecular flexibility index (Phi) is 19.1. The molecule has 3 nitrogen and oxygen atoms in total. The van der Waals surface area contributed by atoms with Gasteiger partial charge in [0, 0.05) is 37.0 Å². The molecule has 0 saturated heterocycles. The molecule has 1 aromatic rings. The van der Waals surface area contributed by atoms with Gasteiger partial charge in [-0.2, -0.15) is 0 Å². The minimum atomic E-state index is -0.183. The van der Waals surface area contributed by atoms with Gasteiger partial charge in [0.1, 0.15) is 0 Å². The van der Waals surface area contributed by atoms with Crippen LogP contribution in [0.2, 0.25) is 0 Å². The summed E-state index contributed by atoms with van der Waals surface area (Å²) in [7, 11) is 0. The molecule has 0 N–H and O–H groups in total. The number of aryl methyl sites for hydroxylation is 1. The molecule has 0 atom stereocenters. The molecule has 0 aliphatic rings. The third kappa shape index (κ3) is 15.4. The molecule has 1 rings (SSSR count). The third-order valence-electron chi connectivity index (χ3n) is 3.12. The van der Waals surface area contributed by atoms with Crippen LogP contribution in [-0.4, -0.2) is 37.4 Å². The van der Waals surface area contributed by atoms with Crippen LogP contribution < -0.4 is 4.90 Å². The van der Waals surface area contributed by atoms with E-state index in [1.54, 1.807) is 0 Å². The zero-order valence-corrected chi connectivity index (χ0v) is 22.7.